The highest BCUT2D eigenvalue weighted by Crippen LogP contribution is 2.28. The summed E-state index contributed by atoms with van der Waals surface area (Å²) >= 11 is 0. The maximum Gasteiger partial charge on any atom is 0.0841 e. The number of para-hydroxylation sites is 1. The fourth-order valence-electron chi connectivity index (χ4n) is 2.53. The zero-order valence-corrected chi connectivity index (χ0v) is 13.3. The maximum atomic E-state index is 4.92. The summed E-state index contributed by atoms with van der Waals surface area (Å²) in [5, 5.41) is 0. The van der Waals surface area contributed by atoms with Crippen molar-refractivity contribution in [1.82, 2.24) is 4.98 Å². The molecular formula is C19H24N2. The van der Waals surface area contributed by atoms with E-state index in [2.05, 4.69) is 37.0 Å². The fourth-order valence-corrected chi connectivity index (χ4v) is 2.53. The molecule has 0 aliphatic heterocycles. The van der Waals surface area contributed by atoms with Gasteiger partial charge >= 0.3 is 0 Å². The minimum absolute atomic E-state index is 0.950. The highest BCUT2D eigenvalue weighted by Gasteiger charge is 2.08. The van der Waals surface area contributed by atoms with Crippen LogP contribution in [0.5, 0.6) is 0 Å². The van der Waals surface area contributed by atoms with Gasteiger partial charge in [-0.3, -0.25) is 9.98 Å². The monoisotopic (exact) mass is 280 g/mol. The first-order valence-electron chi connectivity index (χ1n) is 7.83. The van der Waals surface area contributed by atoms with Crippen LogP contribution in [0.1, 0.15) is 50.4 Å². The van der Waals surface area contributed by atoms with Crippen LogP contribution in [0.2, 0.25) is 0 Å². The fraction of sp³-hybridized carbons (Fsp3) is 0.368. The van der Waals surface area contributed by atoms with Crippen molar-refractivity contribution in [2.24, 2.45) is 4.99 Å². The van der Waals surface area contributed by atoms with Crippen molar-refractivity contribution >= 4 is 11.4 Å². The maximum absolute atomic E-state index is 4.92. The van der Waals surface area contributed by atoms with Gasteiger partial charge in [0.15, 0.2) is 0 Å². The van der Waals surface area contributed by atoms with Crippen molar-refractivity contribution in [3.8, 4) is 0 Å². The van der Waals surface area contributed by atoms with E-state index in [4.69, 9.17) is 4.99 Å². The van der Waals surface area contributed by atoms with Crippen molar-refractivity contribution in [3.63, 3.8) is 0 Å². The van der Waals surface area contributed by atoms with Gasteiger partial charge in [-0.15, -0.1) is 0 Å². The summed E-state index contributed by atoms with van der Waals surface area (Å²) in [7, 11) is 0. The highest BCUT2D eigenvalue weighted by molar-refractivity contribution is 5.98. The van der Waals surface area contributed by atoms with Crippen LogP contribution in [-0.2, 0) is 12.8 Å². The van der Waals surface area contributed by atoms with Gasteiger partial charge in [0.2, 0.25) is 0 Å². The second-order valence-electron chi connectivity index (χ2n) is 5.34. The second-order valence-corrected chi connectivity index (χ2v) is 5.34. The molecule has 0 bridgehead atoms. The van der Waals surface area contributed by atoms with E-state index in [1.807, 2.05) is 31.3 Å². The molecule has 2 rings (SSSR count). The van der Waals surface area contributed by atoms with Gasteiger partial charge in [-0.2, -0.15) is 0 Å². The van der Waals surface area contributed by atoms with Crippen molar-refractivity contribution < 1.29 is 0 Å². The minimum atomic E-state index is 0.950. The summed E-state index contributed by atoms with van der Waals surface area (Å²) in [5.74, 6) is 0. The number of aliphatic imine (C=N–C) groups is 1. The van der Waals surface area contributed by atoms with E-state index in [1.165, 1.54) is 11.1 Å². The van der Waals surface area contributed by atoms with Gasteiger partial charge in [0.1, 0.15) is 0 Å². The molecule has 1 heterocycles. The molecule has 0 aliphatic rings. The molecule has 0 atom stereocenters. The third kappa shape index (κ3) is 4.01. The molecule has 2 aromatic rings. The van der Waals surface area contributed by atoms with Crippen LogP contribution in [0, 0.1) is 0 Å². The van der Waals surface area contributed by atoms with Crippen LogP contribution in [0.15, 0.2) is 47.6 Å². The first-order chi connectivity index (χ1) is 10.3. The first-order valence-corrected chi connectivity index (χ1v) is 7.83. The molecule has 0 radical (unpaired) electrons. The number of aromatic nitrogens is 1. The largest absolute Gasteiger partial charge is 0.255 e. The predicted molar refractivity (Wildman–Crippen MR) is 90.5 cm³/mol. The van der Waals surface area contributed by atoms with Crippen LogP contribution in [0.4, 0.5) is 5.69 Å². The third-order valence-electron chi connectivity index (χ3n) is 3.56. The van der Waals surface area contributed by atoms with Crippen LogP contribution in [0.25, 0.3) is 0 Å². The summed E-state index contributed by atoms with van der Waals surface area (Å²) in [5.41, 5.74) is 5.78. The Labute approximate surface area is 128 Å². The van der Waals surface area contributed by atoms with Crippen molar-refractivity contribution in [3.05, 3.63) is 59.4 Å². The number of aryl methyl sites for hydroxylation is 2. The van der Waals surface area contributed by atoms with E-state index in [1.54, 1.807) is 0 Å². The lowest BCUT2D eigenvalue weighted by molar-refractivity contribution is 0.895. The Balaban J connectivity index is 2.45. The van der Waals surface area contributed by atoms with Crippen LogP contribution in [-0.4, -0.2) is 10.7 Å². The summed E-state index contributed by atoms with van der Waals surface area (Å²) in [4.78, 5) is 9.32. The lowest BCUT2D eigenvalue weighted by Gasteiger charge is -2.11. The Morgan fingerprint density at radius 3 is 2.14 bits per heavy atom. The molecule has 0 aliphatic carbocycles. The normalized spacial score (nSPS) is 11.7. The van der Waals surface area contributed by atoms with Gasteiger partial charge < -0.3 is 0 Å². The molecule has 2 nitrogen and oxygen atoms in total. The number of pyridine rings is 1. The lowest BCUT2D eigenvalue weighted by Crippen LogP contribution is -1.99. The van der Waals surface area contributed by atoms with E-state index < -0.39 is 0 Å². The second kappa shape index (κ2) is 7.72. The average molecular weight is 280 g/mol. The summed E-state index contributed by atoms with van der Waals surface area (Å²) in [6.45, 7) is 6.47. The van der Waals surface area contributed by atoms with E-state index in [0.717, 1.165) is 42.8 Å². The van der Waals surface area contributed by atoms with Gasteiger partial charge in [-0.1, -0.05) is 51.0 Å². The van der Waals surface area contributed by atoms with Crippen molar-refractivity contribution in [2.45, 2.75) is 46.5 Å². The molecule has 0 amide bonds. The Morgan fingerprint density at radius 1 is 0.952 bits per heavy atom. The topological polar surface area (TPSA) is 25.2 Å². The molecule has 0 saturated heterocycles. The molecule has 21 heavy (non-hydrogen) atoms. The molecule has 0 spiro atoms. The van der Waals surface area contributed by atoms with Crippen LogP contribution >= 0.6 is 0 Å². The molecule has 0 saturated carbocycles. The number of hydrogen-bond acceptors (Lipinski definition) is 2. The molecule has 110 valence electrons. The van der Waals surface area contributed by atoms with E-state index >= 15 is 0 Å². The zero-order chi connectivity index (χ0) is 15.1. The highest BCUT2D eigenvalue weighted by atomic mass is 14.8. The van der Waals surface area contributed by atoms with Gasteiger partial charge in [0.25, 0.3) is 0 Å². The average Bonchev–Trinajstić information content (AvgIpc) is 2.51. The first kappa shape index (κ1) is 15.4. The Morgan fingerprint density at radius 2 is 1.62 bits per heavy atom. The van der Waals surface area contributed by atoms with Gasteiger partial charge in [-0.05, 0) is 43.0 Å². The summed E-state index contributed by atoms with van der Waals surface area (Å²) < 4.78 is 0. The number of rotatable bonds is 6. The Hall–Kier alpha value is -1.96. The standard InChI is InChI=1S/C19H24N2/c1-4-9-16-11-8-12-17(10-5-2)19(16)21-15(3)18-13-6-7-14-20-18/h6-8,11-14H,4-5,9-10H2,1-3H3. The van der Waals surface area contributed by atoms with Crippen molar-refractivity contribution in [1.29, 1.82) is 0 Å². The lowest BCUT2D eigenvalue weighted by atomic mass is 10.0. The SMILES string of the molecule is CCCc1cccc(CCC)c1N=C(C)c1ccccn1. The molecular weight excluding hydrogens is 256 g/mol. The van der Waals surface area contributed by atoms with Gasteiger partial charge in [0, 0.05) is 6.20 Å². The summed E-state index contributed by atoms with van der Waals surface area (Å²) in [6, 6.07) is 12.5. The van der Waals surface area contributed by atoms with Gasteiger partial charge in [-0.25, -0.2) is 0 Å². The molecule has 0 unspecified atom stereocenters. The van der Waals surface area contributed by atoms with E-state index in [-0.39, 0.29) is 0 Å². The predicted octanol–water partition coefficient (Wildman–Crippen LogP) is 5.13. The number of hydrogen-bond donors (Lipinski definition) is 0. The molecule has 1 aromatic carbocycles. The quantitative estimate of drug-likeness (QED) is 0.674. The Kier molecular flexibility index (Phi) is 5.68. The van der Waals surface area contributed by atoms with Crippen LogP contribution < -0.4 is 0 Å². The number of nitrogens with zero attached hydrogens (tertiary/aromatic N) is 2. The molecule has 1 aromatic heterocycles. The molecule has 2 heteroatoms. The minimum Gasteiger partial charge on any atom is -0.255 e. The van der Waals surface area contributed by atoms with E-state index in [0.29, 0.717) is 0 Å². The third-order valence-corrected chi connectivity index (χ3v) is 3.56. The number of benzene rings is 1. The van der Waals surface area contributed by atoms with Gasteiger partial charge in [0.05, 0.1) is 17.1 Å². The molecule has 0 fully saturated rings. The zero-order valence-electron chi connectivity index (χ0n) is 13.3. The van der Waals surface area contributed by atoms with Crippen molar-refractivity contribution in [2.75, 3.05) is 0 Å². The smallest absolute Gasteiger partial charge is 0.0841 e. The molecule has 0 N–H and O–H groups in total. The van der Waals surface area contributed by atoms with Crippen LogP contribution in [0.3, 0.4) is 0 Å². The van der Waals surface area contributed by atoms with E-state index in [9.17, 15) is 0 Å². The Bertz CT molecular complexity index is 576. The summed E-state index contributed by atoms with van der Waals surface area (Å²) in [6.07, 6.45) is 6.25.